The molecule has 0 N–H and O–H groups in total. The van der Waals surface area contributed by atoms with Crippen molar-refractivity contribution in [3.05, 3.63) is 48.6 Å². The quantitative estimate of drug-likeness (QED) is 0.0386. The van der Waals surface area contributed by atoms with Gasteiger partial charge in [-0.05, 0) is 120 Å². The van der Waals surface area contributed by atoms with Crippen LogP contribution in [-0.4, -0.2) is 14.4 Å². The predicted molar refractivity (Wildman–Crippen MR) is 226 cm³/mol. The van der Waals surface area contributed by atoms with E-state index in [1.807, 2.05) is 0 Å². The third kappa shape index (κ3) is 24.9. The number of allylic oxidation sites excluding steroid dienone is 8. The Morgan fingerprint density at radius 1 is 0.531 bits per heavy atom. The van der Waals surface area contributed by atoms with Crippen LogP contribution in [-0.2, 0) is 4.43 Å². The Kier molecular flexibility index (Phi) is 28.0. The lowest BCUT2D eigenvalue weighted by molar-refractivity contribution is 0.151. The first kappa shape index (κ1) is 46.2. The summed E-state index contributed by atoms with van der Waals surface area (Å²) in [5, 5.41) is 0.305. The first-order valence-corrected chi connectivity index (χ1v) is 24.8. The molecule has 49 heavy (non-hydrogen) atoms. The van der Waals surface area contributed by atoms with Crippen molar-refractivity contribution in [3.63, 3.8) is 0 Å². The van der Waals surface area contributed by atoms with E-state index in [1.54, 1.807) is 0 Å². The second-order valence-corrected chi connectivity index (χ2v) is 22.2. The Labute approximate surface area is 310 Å². The molecule has 0 bridgehead atoms. The largest absolute Gasteiger partial charge is 0.414 e. The molecule has 1 fully saturated rings. The van der Waals surface area contributed by atoms with Crippen molar-refractivity contribution >= 4 is 8.32 Å². The molecule has 0 heterocycles. The van der Waals surface area contributed by atoms with Gasteiger partial charge in [0.2, 0.25) is 0 Å². The van der Waals surface area contributed by atoms with E-state index in [0.29, 0.717) is 16.6 Å². The third-order valence-corrected chi connectivity index (χ3v) is 16.3. The van der Waals surface area contributed by atoms with Crippen molar-refractivity contribution in [1.29, 1.82) is 0 Å². The van der Waals surface area contributed by atoms with Crippen LogP contribution in [0.1, 0.15) is 221 Å². The van der Waals surface area contributed by atoms with Crippen molar-refractivity contribution < 1.29 is 4.43 Å². The summed E-state index contributed by atoms with van der Waals surface area (Å²) in [6.45, 7) is 16.7. The maximum Gasteiger partial charge on any atom is 0.192 e. The highest BCUT2D eigenvalue weighted by molar-refractivity contribution is 6.74. The fourth-order valence-electron chi connectivity index (χ4n) is 7.40. The highest BCUT2D eigenvalue weighted by atomic mass is 28.4. The minimum Gasteiger partial charge on any atom is -0.414 e. The van der Waals surface area contributed by atoms with Crippen LogP contribution < -0.4 is 0 Å². The Morgan fingerprint density at radius 3 is 1.29 bits per heavy atom. The molecule has 0 amide bonds. The number of rotatable bonds is 32. The topological polar surface area (TPSA) is 9.23 Å². The van der Waals surface area contributed by atoms with Crippen LogP contribution >= 0.6 is 0 Å². The fourth-order valence-corrected chi connectivity index (χ4v) is 8.79. The maximum atomic E-state index is 7.00. The Morgan fingerprint density at radius 2 is 0.898 bits per heavy atom. The molecule has 2 heteroatoms. The van der Waals surface area contributed by atoms with E-state index in [1.165, 1.54) is 173 Å². The van der Waals surface area contributed by atoms with E-state index in [4.69, 9.17) is 4.43 Å². The molecule has 286 valence electrons. The Balaban J connectivity index is 2.31. The zero-order chi connectivity index (χ0) is 35.9. The van der Waals surface area contributed by atoms with Gasteiger partial charge in [-0.3, -0.25) is 0 Å². The molecule has 1 nitrogen and oxygen atoms in total. The molecule has 0 radical (unpaired) electrons. The maximum absolute atomic E-state index is 7.00. The van der Waals surface area contributed by atoms with Crippen LogP contribution in [0.25, 0.3) is 0 Å². The van der Waals surface area contributed by atoms with Gasteiger partial charge in [0.25, 0.3) is 0 Å². The molecule has 0 aromatic carbocycles. The summed E-state index contributed by atoms with van der Waals surface area (Å²) in [6, 6.07) is 0. The van der Waals surface area contributed by atoms with Crippen LogP contribution in [0.15, 0.2) is 48.6 Å². The van der Waals surface area contributed by atoms with Gasteiger partial charge in [0.05, 0.1) is 0 Å². The summed E-state index contributed by atoms with van der Waals surface area (Å²) in [7, 11) is -1.70. The zero-order valence-electron chi connectivity index (χ0n) is 34.6. The molecule has 1 rings (SSSR count). The van der Waals surface area contributed by atoms with Crippen LogP contribution in [0.2, 0.25) is 18.1 Å². The fraction of sp³-hybridized carbons (Fsp3) is 0.830. The predicted octanol–water partition coefficient (Wildman–Crippen LogP) is 17.0. The molecule has 1 aliphatic carbocycles. The van der Waals surface area contributed by atoms with Crippen LogP contribution in [0.3, 0.4) is 0 Å². The molecule has 0 aromatic heterocycles. The van der Waals surface area contributed by atoms with Gasteiger partial charge < -0.3 is 4.43 Å². The number of hydrogen-bond acceptors (Lipinski definition) is 1. The number of hydrogen-bond donors (Lipinski definition) is 0. The Hall–Kier alpha value is -0.863. The molecule has 1 aliphatic rings. The standard InChI is InChI=1S/C47H88OSi/c1-8-10-12-14-16-18-20-22-24-26-28-30-32-34-36-38-41-47(43-40-45(44-47)48-49(6,7)46(3,4)5)42-39-37-35-33-31-29-27-25-23-21-19-17-15-13-11-9-2/h16-19,22-25,45H,8-15,20-21,26-44H2,1-7H3/b18-16-,19-17-,24-22-,25-23-. The summed E-state index contributed by atoms with van der Waals surface area (Å²) >= 11 is 0. The molecule has 1 unspecified atom stereocenters. The molecule has 0 spiro atoms. The Bertz CT molecular complexity index is 808. The van der Waals surface area contributed by atoms with Crippen LogP contribution in [0, 0.1) is 5.41 Å². The van der Waals surface area contributed by atoms with E-state index in [2.05, 4.69) is 96.3 Å². The minimum absolute atomic E-state index is 0.305. The second kappa shape index (κ2) is 29.7. The van der Waals surface area contributed by atoms with Crippen LogP contribution in [0.5, 0.6) is 0 Å². The summed E-state index contributed by atoms with van der Waals surface area (Å²) < 4.78 is 7.00. The second-order valence-electron chi connectivity index (χ2n) is 17.4. The van der Waals surface area contributed by atoms with E-state index in [9.17, 15) is 0 Å². The first-order chi connectivity index (χ1) is 23.7. The third-order valence-electron chi connectivity index (χ3n) is 11.7. The minimum atomic E-state index is -1.70. The van der Waals surface area contributed by atoms with Gasteiger partial charge in [0.1, 0.15) is 0 Å². The van der Waals surface area contributed by atoms with Gasteiger partial charge in [-0.1, -0.05) is 173 Å². The van der Waals surface area contributed by atoms with Crippen molar-refractivity contribution in [3.8, 4) is 0 Å². The first-order valence-electron chi connectivity index (χ1n) is 21.9. The molecule has 1 atom stereocenters. The molecule has 0 aromatic rings. The lowest BCUT2D eigenvalue weighted by Crippen LogP contribution is -2.43. The highest BCUT2D eigenvalue weighted by Crippen LogP contribution is 2.49. The van der Waals surface area contributed by atoms with Crippen molar-refractivity contribution in [2.75, 3.05) is 0 Å². The summed E-state index contributed by atoms with van der Waals surface area (Å²) in [5.74, 6) is 0. The average Bonchev–Trinajstić information content (AvgIpc) is 3.45. The van der Waals surface area contributed by atoms with Crippen molar-refractivity contribution in [1.82, 2.24) is 0 Å². The van der Waals surface area contributed by atoms with Gasteiger partial charge in [0.15, 0.2) is 8.32 Å². The number of unbranched alkanes of at least 4 members (excludes halogenated alkanes) is 18. The van der Waals surface area contributed by atoms with Crippen LogP contribution in [0.4, 0.5) is 0 Å². The summed E-state index contributed by atoms with van der Waals surface area (Å²) in [4.78, 5) is 0. The lowest BCUT2D eigenvalue weighted by Gasteiger charge is -2.39. The summed E-state index contributed by atoms with van der Waals surface area (Å²) in [6.07, 6.45) is 58.7. The van der Waals surface area contributed by atoms with Gasteiger partial charge in [-0.25, -0.2) is 0 Å². The molecule has 0 aliphatic heterocycles. The monoisotopic (exact) mass is 697 g/mol. The zero-order valence-corrected chi connectivity index (χ0v) is 35.6. The van der Waals surface area contributed by atoms with Gasteiger partial charge in [-0.15, -0.1) is 0 Å². The van der Waals surface area contributed by atoms with E-state index in [-0.39, 0.29) is 0 Å². The SMILES string of the molecule is CCCCC/C=C\C/C=C\CCCCCCCCC1(CCCCCCCC/C=C\C/C=C\CCCCC)CCC(O[Si](C)(C)C(C)(C)C)C1. The van der Waals surface area contributed by atoms with Gasteiger partial charge in [-0.2, -0.15) is 0 Å². The normalized spacial score (nSPS) is 17.2. The average molecular weight is 697 g/mol. The lowest BCUT2D eigenvalue weighted by atomic mass is 9.76. The molecule has 0 saturated heterocycles. The molecular formula is C47H88OSi. The highest BCUT2D eigenvalue weighted by Gasteiger charge is 2.44. The van der Waals surface area contributed by atoms with E-state index >= 15 is 0 Å². The smallest absolute Gasteiger partial charge is 0.192 e. The van der Waals surface area contributed by atoms with E-state index < -0.39 is 8.32 Å². The molecule has 1 saturated carbocycles. The molecular weight excluding hydrogens is 609 g/mol. The van der Waals surface area contributed by atoms with Crippen molar-refractivity contribution in [2.24, 2.45) is 5.41 Å². The van der Waals surface area contributed by atoms with E-state index in [0.717, 1.165) is 12.8 Å². The van der Waals surface area contributed by atoms with Gasteiger partial charge >= 0.3 is 0 Å². The van der Waals surface area contributed by atoms with Gasteiger partial charge in [0, 0.05) is 6.10 Å². The summed E-state index contributed by atoms with van der Waals surface area (Å²) in [5.41, 5.74) is 0.553. The van der Waals surface area contributed by atoms with Crippen molar-refractivity contribution in [2.45, 2.75) is 245 Å².